The molecule has 0 radical (unpaired) electrons. The highest BCUT2D eigenvalue weighted by molar-refractivity contribution is 4.66. The van der Waals surface area contributed by atoms with E-state index in [2.05, 4.69) is 37.9 Å². The maximum Gasteiger partial charge on any atom is 0.401 e. The van der Waals surface area contributed by atoms with Crippen LogP contribution in [0.25, 0.3) is 0 Å². The fourth-order valence-corrected chi connectivity index (χ4v) is 1.48. The Morgan fingerprint density at radius 3 is 2.06 bits per heavy atom. The van der Waals surface area contributed by atoms with Crippen molar-refractivity contribution < 1.29 is 13.2 Å². The summed E-state index contributed by atoms with van der Waals surface area (Å²) in [6, 6.07) is 0.370. The maximum absolute atomic E-state index is 11.9. The highest BCUT2D eigenvalue weighted by Crippen LogP contribution is 2.12. The summed E-state index contributed by atoms with van der Waals surface area (Å²) in [4.78, 5) is 2.19. The van der Waals surface area contributed by atoms with Gasteiger partial charge >= 0.3 is 6.18 Å². The molecule has 0 spiro atoms. The Bertz CT molecular complexity index is 179. The van der Waals surface area contributed by atoms with Crippen molar-refractivity contribution in [3.63, 3.8) is 0 Å². The minimum absolute atomic E-state index is 0.370. The van der Waals surface area contributed by atoms with E-state index in [0.717, 1.165) is 6.54 Å². The van der Waals surface area contributed by atoms with E-state index < -0.39 is 12.7 Å². The van der Waals surface area contributed by atoms with E-state index in [0.29, 0.717) is 25.0 Å². The molecule has 2 nitrogen and oxygen atoms in total. The first-order valence-corrected chi connectivity index (χ1v) is 5.74. The second-order valence-corrected chi connectivity index (χ2v) is 4.77. The molecule has 16 heavy (non-hydrogen) atoms. The summed E-state index contributed by atoms with van der Waals surface area (Å²) in [5.41, 5.74) is 0. The number of nitrogens with zero attached hydrogens (tertiary/aromatic N) is 1. The van der Waals surface area contributed by atoms with Gasteiger partial charge in [0.25, 0.3) is 0 Å². The lowest BCUT2D eigenvalue weighted by Crippen LogP contribution is -2.41. The van der Waals surface area contributed by atoms with Gasteiger partial charge in [0, 0.05) is 25.7 Å². The summed E-state index contributed by atoms with van der Waals surface area (Å²) >= 11 is 0. The van der Waals surface area contributed by atoms with Gasteiger partial charge in [-0.05, 0) is 19.8 Å². The molecule has 0 saturated carbocycles. The third-order valence-corrected chi connectivity index (χ3v) is 2.23. The molecule has 0 unspecified atom stereocenters. The number of nitrogens with one attached hydrogen (secondary N) is 1. The van der Waals surface area contributed by atoms with Crippen molar-refractivity contribution in [2.24, 2.45) is 5.92 Å². The Labute approximate surface area is 96.2 Å². The first-order chi connectivity index (χ1) is 7.22. The van der Waals surface area contributed by atoms with Crippen LogP contribution in [0.5, 0.6) is 0 Å². The van der Waals surface area contributed by atoms with Crippen molar-refractivity contribution in [1.29, 1.82) is 0 Å². The zero-order valence-corrected chi connectivity index (χ0v) is 10.6. The maximum atomic E-state index is 11.9. The summed E-state index contributed by atoms with van der Waals surface area (Å²) in [6.45, 7) is 9.40. The van der Waals surface area contributed by atoms with Gasteiger partial charge in [0.15, 0.2) is 0 Å². The molecule has 0 aliphatic heterocycles. The molecular formula is C11H23F3N2. The van der Waals surface area contributed by atoms with E-state index in [-0.39, 0.29) is 0 Å². The summed E-state index contributed by atoms with van der Waals surface area (Å²) in [5, 5.41) is 2.42. The molecule has 0 aliphatic carbocycles. The molecule has 0 amide bonds. The van der Waals surface area contributed by atoms with Crippen LogP contribution in [0, 0.1) is 5.92 Å². The van der Waals surface area contributed by atoms with E-state index in [1.807, 2.05) is 0 Å². The van der Waals surface area contributed by atoms with Crippen molar-refractivity contribution in [2.75, 3.05) is 26.2 Å². The Morgan fingerprint density at radius 2 is 1.69 bits per heavy atom. The number of hydrogen-bond acceptors (Lipinski definition) is 2. The zero-order chi connectivity index (χ0) is 12.8. The quantitative estimate of drug-likeness (QED) is 0.688. The van der Waals surface area contributed by atoms with Crippen molar-refractivity contribution in [3.05, 3.63) is 0 Å². The first kappa shape index (κ1) is 15.7. The minimum atomic E-state index is -4.11. The Hall–Kier alpha value is -0.290. The minimum Gasteiger partial charge on any atom is -0.307 e. The van der Waals surface area contributed by atoms with E-state index in [9.17, 15) is 13.2 Å². The van der Waals surface area contributed by atoms with Crippen molar-refractivity contribution in [3.8, 4) is 0 Å². The fourth-order valence-electron chi connectivity index (χ4n) is 1.48. The third kappa shape index (κ3) is 8.97. The van der Waals surface area contributed by atoms with Gasteiger partial charge in [-0.2, -0.15) is 13.2 Å². The van der Waals surface area contributed by atoms with E-state index in [4.69, 9.17) is 0 Å². The van der Waals surface area contributed by atoms with Gasteiger partial charge in [-0.25, -0.2) is 0 Å². The molecule has 5 heteroatoms. The summed E-state index contributed by atoms with van der Waals surface area (Å²) in [7, 11) is 0. The molecule has 0 rings (SSSR count). The van der Waals surface area contributed by atoms with Gasteiger partial charge in [-0.3, -0.25) is 4.90 Å². The second kappa shape index (κ2) is 7.12. The number of alkyl halides is 3. The van der Waals surface area contributed by atoms with Crippen molar-refractivity contribution in [1.82, 2.24) is 10.2 Å². The monoisotopic (exact) mass is 240 g/mol. The average molecular weight is 240 g/mol. The molecular weight excluding hydrogens is 217 g/mol. The van der Waals surface area contributed by atoms with Crippen LogP contribution in [0.2, 0.25) is 0 Å². The van der Waals surface area contributed by atoms with Gasteiger partial charge in [-0.1, -0.05) is 13.8 Å². The van der Waals surface area contributed by atoms with Crippen LogP contribution in [-0.4, -0.2) is 43.3 Å². The Balaban J connectivity index is 3.77. The molecule has 0 aromatic rings. The lowest BCUT2D eigenvalue weighted by Gasteiger charge is -2.28. The van der Waals surface area contributed by atoms with Gasteiger partial charge in [0.05, 0.1) is 6.54 Å². The van der Waals surface area contributed by atoms with Gasteiger partial charge < -0.3 is 5.32 Å². The van der Waals surface area contributed by atoms with Gasteiger partial charge in [0.2, 0.25) is 0 Å². The van der Waals surface area contributed by atoms with Crippen LogP contribution in [0.3, 0.4) is 0 Å². The molecule has 0 saturated heterocycles. The zero-order valence-electron chi connectivity index (χ0n) is 10.6. The number of halogens is 3. The average Bonchev–Trinajstić information content (AvgIpc) is 2.07. The largest absolute Gasteiger partial charge is 0.401 e. The normalized spacial score (nSPS) is 13.1. The number of hydrogen-bond donors (Lipinski definition) is 1. The number of rotatable bonds is 7. The lowest BCUT2D eigenvalue weighted by molar-refractivity contribution is -0.124. The summed E-state index contributed by atoms with van der Waals surface area (Å²) in [6.07, 6.45) is -4.11. The summed E-state index contributed by atoms with van der Waals surface area (Å²) < 4.78 is 35.6. The predicted octanol–water partition coefficient (Wildman–Crippen LogP) is 2.50. The highest BCUT2D eigenvalue weighted by atomic mass is 19.4. The standard InChI is InChI=1S/C11H23F3N2/c1-9(2)7-16(10(3)4)6-5-15-8-11(12,13)14/h9-10,15H,5-8H2,1-4H3. The molecule has 98 valence electrons. The molecule has 1 N–H and O–H groups in total. The second-order valence-electron chi connectivity index (χ2n) is 4.77. The smallest absolute Gasteiger partial charge is 0.307 e. The van der Waals surface area contributed by atoms with Crippen LogP contribution in [0.1, 0.15) is 27.7 Å². The van der Waals surface area contributed by atoms with E-state index >= 15 is 0 Å². The van der Waals surface area contributed by atoms with Crippen LogP contribution in [0.15, 0.2) is 0 Å². The van der Waals surface area contributed by atoms with Crippen molar-refractivity contribution >= 4 is 0 Å². The molecule has 0 heterocycles. The first-order valence-electron chi connectivity index (χ1n) is 5.74. The molecule has 0 atom stereocenters. The molecule has 0 aliphatic rings. The molecule has 0 aromatic heterocycles. The highest BCUT2D eigenvalue weighted by Gasteiger charge is 2.26. The topological polar surface area (TPSA) is 15.3 Å². The fraction of sp³-hybridized carbons (Fsp3) is 1.00. The Kier molecular flexibility index (Phi) is 6.99. The van der Waals surface area contributed by atoms with Gasteiger partial charge in [-0.15, -0.1) is 0 Å². The molecule has 0 bridgehead atoms. The lowest BCUT2D eigenvalue weighted by atomic mass is 10.2. The van der Waals surface area contributed by atoms with E-state index in [1.54, 1.807) is 0 Å². The molecule has 0 aromatic carbocycles. The van der Waals surface area contributed by atoms with Crippen molar-refractivity contribution in [2.45, 2.75) is 39.9 Å². The Morgan fingerprint density at radius 1 is 1.12 bits per heavy atom. The van der Waals surface area contributed by atoms with Crippen LogP contribution < -0.4 is 5.32 Å². The molecule has 0 fully saturated rings. The summed E-state index contributed by atoms with van der Waals surface area (Å²) in [5.74, 6) is 0.532. The predicted molar refractivity (Wildman–Crippen MR) is 60.5 cm³/mol. The third-order valence-electron chi connectivity index (χ3n) is 2.23. The van der Waals surface area contributed by atoms with Crippen LogP contribution in [0.4, 0.5) is 13.2 Å². The SMILES string of the molecule is CC(C)CN(CCNCC(F)(F)F)C(C)C. The van der Waals surface area contributed by atoms with Crippen LogP contribution >= 0.6 is 0 Å². The van der Waals surface area contributed by atoms with Crippen LogP contribution in [-0.2, 0) is 0 Å². The van der Waals surface area contributed by atoms with Gasteiger partial charge in [0.1, 0.15) is 0 Å². The van der Waals surface area contributed by atoms with E-state index in [1.165, 1.54) is 0 Å².